The van der Waals surface area contributed by atoms with Crippen molar-refractivity contribution in [1.29, 1.82) is 0 Å². The Bertz CT molecular complexity index is 1770. The average Bonchev–Trinajstić information content (AvgIpc) is 3.68. The molecule has 4 aromatic heterocycles. The first-order chi connectivity index (χ1) is 20.1. The fourth-order valence-corrected chi connectivity index (χ4v) is 5.34. The van der Waals surface area contributed by atoms with Gasteiger partial charge >= 0.3 is 6.18 Å². The highest BCUT2D eigenvalue weighted by Crippen LogP contribution is 2.38. The van der Waals surface area contributed by atoms with Crippen LogP contribution in [0.1, 0.15) is 17.5 Å². The van der Waals surface area contributed by atoms with E-state index in [4.69, 9.17) is 21.1 Å². The summed E-state index contributed by atoms with van der Waals surface area (Å²) in [7, 11) is 5.06. The van der Waals surface area contributed by atoms with Gasteiger partial charge in [-0.15, -0.1) is 0 Å². The minimum atomic E-state index is -4.53. The van der Waals surface area contributed by atoms with Gasteiger partial charge < -0.3 is 24.7 Å². The van der Waals surface area contributed by atoms with Gasteiger partial charge in [0.15, 0.2) is 17.1 Å². The first-order valence-corrected chi connectivity index (χ1v) is 13.4. The van der Waals surface area contributed by atoms with E-state index in [0.717, 1.165) is 12.5 Å². The van der Waals surface area contributed by atoms with Gasteiger partial charge in [0.05, 0.1) is 36.5 Å². The summed E-state index contributed by atoms with van der Waals surface area (Å²) in [4.78, 5) is 15.1. The van der Waals surface area contributed by atoms with Crippen LogP contribution in [0.25, 0.3) is 16.7 Å². The minimum absolute atomic E-state index is 0.0346. The zero-order chi connectivity index (χ0) is 29.6. The van der Waals surface area contributed by atoms with Gasteiger partial charge in [-0.3, -0.25) is 4.90 Å². The van der Waals surface area contributed by atoms with Crippen molar-refractivity contribution in [3.63, 3.8) is 0 Å². The molecule has 0 spiro atoms. The van der Waals surface area contributed by atoms with Gasteiger partial charge in [0.1, 0.15) is 21.9 Å². The molecular weight excluding hydrogens is 575 g/mol. The zero-order valence-electron chi connectivity index (χ0n) is 22.9. The first kappa shape index (κ1) is 28.0. The second-order valence-electron chi connectivity index (χ2n) is 9.94. The summed E-state index contributed by atoms with van der Waals surface area (Å²) in [6, 6.07) is 4.20. The van der Waals surface area contributed by atoms with E-state index in [1.165, 1.54) is 18.5 Å². The molecule has 0 bridgehead atoms. The number of rotatable bonds is 8. The third-order valence-corrected chi connectivity index (χ3v) is 7.64. The van der Waals surface area contributed by atoms with E-state index >= 15 is 0 Å². The number of nitrogens with one attached hydrogen (secondary N) is 2. The number of nitrogens with zero attached hydrogens (tertiary/aromatic N) is 7. The number of methoxy groups -OCH3 is 1. The van der Waals surface area contributed by atoms with Crippen molar-refractivity contribution in [2.45, 2.75) is 25.2 Å². The summed E-state index contributed by atoms with van der Waals surface area (Å²) < 4.78 is 56.8. The summed E-state index contributed by atoms with van der Waals surface area (Å²) in [6.45, 7) is 1.46. The fraction of sp³-hybridized carbons (Fsp3) is 0.333. The molecule has 42 heavy (non-hydrogen) atoms. The van der Waals surface area contributed by atoms with Crippen LogP contribution in [-0.2, 0) is 24.5 Å². The Hall–Kier alpha value is -4.14. The lowest BCUT2D eigenvalue weighted by molar-refractivity contribution is -0.138. The van der Waals surface area contributed by atoms with Crippen LogP contribution in [0, 0.1) is 0 Å². The van der Waals surface area contributed by atoms with Crippen LogP contribution in [0.4, 0.5) is 30.6 Å². The van der Waals surface area contributed by atoms with E-state index in [0.29, 0.717) is 41.3 Å². The van der Waals surface area contributed by atoms with Crippen molar-refractivity contribution in [3.05, 3.63) is 59.1 Å². The van der Waals surface area contributed by atoms with Crippen LogP contribution in [0.2, 0.25) is 5.02 Å². The van der Waals surface area contributed by atoms with Gasteiger partial charge in [-0.05, 0) is 24.1 Å². The maximum absolute atomic E-state index is 14.1. The Balaban J connectivity index is 1.27. The number of alkyl halides is 3. The summed E-state index contributed by atoms with van der Waals surface area (Å²) in [6.07, 6.45) is 2.60. The van der Waals surface area contributed by atoms with Crippen LogP contribution in [-0.4, -0.2) is 67.4 Å². The number of halogens is 4. The van der Waals surface area contributed by atoms with Gasteiger partial charge in [0.2, 0.25) is 5.95 Å². The Morgan fingerprint density at radius 1 is 1.14 bits per heavy atom. The van der Waals surface area contributed by atoms with Crippen LogP contribution >= 0.6 is 11.6 Å². The van der Waals surface area contributed by atoms with Gasteiger partial charge in [-0.2, -0.15) is 23.3 Å². The van der Waals surface area contributed by atoms with Crippen LogP contribution < -0.4 is 15.4 Å². The molecule has 5 heterocycles. The molecule has 0 radical (unpaired) electrons. The molecule has 5 aromatic rings. The van der Waals surface area contributed by atoms with Crippen molar-refractivity contribution < 1.29 is 22.6 Å². The van der Waals surface area contributed by atoms with Crippen molar-refractivity contribution >= 4 is 45.7 Å². The summed E-state index contributed by atoms with van der Waals surface area (Å²) in [5.41, 5.74) is 1.08. The smallest absolute Gasteiger partial charge is 0.416 e. The highest BCUT2D eigenvalue weighted by atomic mass is 35.5. The second-order valence-corrected chi connectivity index (χ2v) is 10.3. The Labute approximate surface area is 243 Å². The number of aryl methyl sites for hydroxylation is 1. The molecule has 1 aliphatic heterocycles. The average molecular weight is 602 g/mol. The molecule has 1 aromatic carbocycles. The van der Waals surface area contributed by atoms with Gasteiger partial charge in [-0.25, -0.2) is 14.5 Å². The van der Waals surface area contributed by atoms with Crippen LogP contribution in [0.5, 0.6) is 11.5 Å². The SMILES string of the molecule is CNc1cn2ncc(Oc3cnc4nc(Nc5ccc(CN6CCC(OC)C6)c(C(F)(F)F)c5)n(C)c4c3Cl)c2cn1. The highest BCUT2D eigenvalue weighted by Gasteiger charge is 2.35. The van der Waals surface area contributed by atoms with Crippen LogP contribution in [0.15, 0.2) is 43.0 Å². The van der Waals surface area contributed by atoms with E-state index in [1.54, 1.807) is 48.7 Å². The molecule has 1 unspecified atom stereocenters. The summed E-state index contributed by atoms with van der Waals surface area (Å²) >= 11 is 6.72. The zero-order valence-corrected chi connectivity index (χ0v) is 23.7. The number of likely N-dealkylation sites (tertiary alicyclic amines) is 1. The predicted molar refractivity (Wildman–Crippen MR) is 152 cm³/mol. The number of aromatic nitrogens is 6. The Morgan fingerprint density at radius 3 is 2.71 bits per heavy atom. The third kappa shape index (κ3) is 5.28. The van der Waals surface area contributed by atoms with Gasteiger partial charge in [-0.1, -0.05) is 17.7 Å². The molecule has 1 saturated heterocycles. The number of pyridine rings is 1. The van der Waals surface area contributed by atoms with Gasteiger partial charge in [0, 0.05) is 46.5 Å². The van der Waals surface area contributed by atoms with Crippen molar-refractivity contribution in [2.75, 3.05) is 37.9 Å². The fourth-order valence-electron chi connectivity index (χ4n) is 5.04. The quantitative estimate of drug-likeness (QED) is 0.239. The molecule has 1 fully saturated rings. The van der Waals surface area contributed by atoms with E-state index < -0.39 is 11.7 Å². The molecule has 6 rings (SSSR count). The number of fused-ring (bicyclic) bond motifs is 2. The largest absolute Gasteiger partial charge is 0.450 e. The standard InChI is InChI=1S/C27H27ClF3N9O2/c1-32-22-14-40-19(9-33-22)20(11-35-40)42-21-10-34-25-24(23(21)28)38(2)26(37-25)36-16-5-4-15(18(8-16)27(29,30)31)12-39-7-6-17(13-39)41-3/h4-5,8-11,14,17,32H,6-7,12-13H2,1-3H3,(H,34,36,37). The highest BCUT2D eigenvalue weighted by molar-refractivity contribution is 6.36. The number of ether oxygens (including phenoxy) is 2. The van der Waals surface area contributed by atoms with Crippen molar-refractivity contribution in [1.82, 2.24) is 34.0 Å². The first-order valence-electron chi connectivity index (χ1n) is 13.1. The summed E-state index contributed by atoms with van der Waals surface area (Å²) in [5.74, 6) is 1.57. The van der Waals surface area contributed by atoms with E-state index in [-0.39, 0.29) is 40.6 Å². The monoisotopic (exact) mass is 601 g/mol. The second kappa shape index (κ2) is 10.9. The number of imidazole rings is 1. The molecule has 1 aliphatic rings. The lowest BCUT2D eigenvalue weighted by Crippen LogP contribution is -2.24. The van der Waals surface area contributed by atoms with Crippen molar-refractivity contribution in [2.24, 2.45) is 7.05 Å². The molecule has 1 atom stereocenters. The normalized spacial score (nSPS) is 16.0. The van der Waals surface area contributed by atoms with Crippen LogP contribution in [0.3, 0.4) is 0 Å². The van der Waals surface area contributed by atoms with E-state index in [9.17, 15) is 13.2 Å². The topological polar surface area (TPSA) is 107 Å². The molecule has 0 saturated carbocycles. The molecule has 15 heteroatoms. The Kier molecular flexibility index (Phi) is 7.29. The van der Waals surface area contributed by atoms with Crippen molar-refractivity contribution in [3.8, 4) is 11.5 Å². The molecule has 0 amide bonds. The molecule has 2 N–H and O–H groups in total. The maximum atomic E-state index is 14.1. The summed E-state index contributed by atoms with van der Waals surface area (Å²) in [5, 5.41) is 10.4. The lowest BCUT2D eigenvalue weighted by Gasteiger charge is -2.20. The number of hydrogen-bond donors (Lipinski definition) is 2. The number of hydrogen-bond acceptors (Lipinski definition) is 9. The molecular formula is C27H27ClF3N9O2. The molecule has 11 nitrogen and oxygen atoms in total. The third-order valence-electron chi connectivity index (χ3n) is 7.28. The van der Waals surface area contributed by atoms with E-state index in [2.05, 4.69) is 30.7 Å². The number of benzene rings is 1. The Morgan fingerprint density at radius 2 is 1.98 bits per heavy atom. The molecule has 0 aliphatic carbocycles. The maximum Gasteiger partial charge on any atom is 0.416 e. The minimum Gasteiger partial charge on any atom is -0.450 e. The predicted octanol–water partition coefficient (Wildman–Crippen LogP) is 5.48. The number of anilines is 3. The van der Waals surface area contributed by atoms with Gasteiger partial charge in [0.25, 0.3) is 0 Å². The lowest BCUT2D eigenvalue weighted by atomic mass is 10.1. The van der Waals surface area contributed by atoms with E-state index in [1.807, 2.05) is 4.90 Å². The molecule has 220 valence electrons.